The van der Waals surface area contributed by atoms with Crippen LogP contribution in [0.2, 0.25) is 0 Å². The number of H-pyrrole nitrogens is 1. The van der Waals surface area contributed by atoms with Crippen LogP contribution < -0.4 is 10.9 Å². The molecule has 19 heavy (non-hydrogen) atoms. The van der Waals surface area contributed by atoms with E-state index in [9.17, 15) is 4.79 Å². The Labute approximate surface area is 112 Å². The highest BCUT2D eigenvalue weighted by Crippen LogP contribution is 2.06. The number of rotatable bonds is 5. The van der Waals surface area contributed by atoms with Crippen LogP contribution in [0.15, 0.2) is 4.79 Å². The topological polar surface area (TPSA) is 75.1 Å². The zero-order valence-corrected chi connectivity index (χ0v) is 11.9. The maximum absolute atomic E-state index is 12.1. The molecule has 104 valence electrons. The van der Waals surface area contributed by atoms with Gasteiger partial charge in [-0.05, 0) is 25.7 Å². The van der Waals surface area contributed by atoms with Crippen LogP contribution in [0, 0.1) is 12.8 Å². The number of nitrogens with one attached hydrogen (secondary N) is 2. The van der Waals surface area contributed by atoms with Crippen molar-refractivity contribution in [1.29, 1.82) is 0 Å². The molecule has 2 rings (SSSR count). The number of aromatic amines is 1. The van der Waals surface area contributed by atoms with Crippen molar-refractivity contribution in [2.24, 2.45) is 5.92 Å². The summed E-state index contributed by atoms with van der Waals surface area (Å²) in [4.78, 5) is 20.8. The molecular formula is C13H21N5O. The van der Waals surface area contributed by atoms with Gasteiger partial charge >= 0.3 is 0 Å². The molecule has 0 amide bonds. The Morgan fingerprint density at radius 1 is 1.37 bits per heavy atom. The molecule has 0 spiro atoms. The fourth-order valence-electron chi connectivity index (χ4n) is 1.95. The first-order valence-corrected chi connectivity index (χ1v) is 6.75. The first-order valence-electron chi connectivity index (χ1n) is 6.75. The maximum atomic E-state index is 12.1. The van der Waals surface area contributed by atoms with Gasteiger partial charge in [-0.1, -0.05) is 20.8 Å². The van der Waals surface area contributed by atoms with Gasteiger partial charge in [0.05, 0.1) is 5.69 Å². The van der Waals surface area contributed by atoms with E-state index in [0.717, 1.165) is 25.1 Å². The third-order valence-corrected chi connectivity index (χ3v) is 3.17. The van der Waals surface area contributed by atoms with Gasteiger partial charge in [-0.3, -0.25) is 9.89 Å². The van der Waals surface area contributed by atoms with Crippen LogP contribution in [0.25, 0.3) is 5.78 Å². The van der Waals surface area contributed by atoms with Gasteiger partial charge in [-0.15, -0.1) is 0 Å². The van der Waals surface area contributed by atoms with Crippen LogP contribution in [0.4, 0.5) is 5.95 Å². The lowest BCUT2D eigenvalue weighted by molar-refractivity contribution is 0.606. The number of anilines is 1. The molecule has 0 unspecified atom stereocenters. The van der Waals surface area contributed by atoms with E-state index in [1.165, 1.54) is 4.52 Å². The molecule has 0 aliphatic carbocycles. The molecule has 0 aliphatic rings. The highest BCUT2D eigenvalue weighted by molar-refractivity contribution is 5.38. The third kappa shape index (κ3) is 2.77. The lowest BCUT2D eigenvalue weighted by atomic mass is 10.1. The number of nitrogens with zero attached hydrogens (tertiary/aromatic N) is 3. The Hall–Kier alpha value is -1.85. The molecule has 2 N–H and O–H groups in total. The molecule has 0 bridgehead atoms. The van der Waals surface area contributed by atoms with Crippen molar-refractivity contribution >= 4 is 11.7 Å². The zero-order chi connectivity index (χ0) is 14.0. The van der Waals surface area contributed by atoms with Gasteiger partial charge in [0.25, 0.3) is 11.3 Å². The Balaban J connectivity index is 2.30. The molecular weight excluding hydrogens is 242 g/mol. The fraction of sp³-hybridized carbons (Fsp3) is 0.615. The van der Waals surface area contributed by atoms with Gasteiger partial charge in [-0.2, -0.15) is 9.50 Å². The summed E-state index contributed by atoms with van der Waals surface area (Å²) in [5, 5.41) is 6.13. The summed E-state index contributed by atoms with van der Waals surface area (Å²) in [6.07, 6.45) is 1.79. The number of hydrogen-bond donors (Lipinski definition) is 2. The summed E-state index contributed by atoms with van der Waals surface area (Å²) >= 11 is 0. The lowest BCUT2D eigenvalue weighted by Crippen LogP contribution is -2.20. The van der Waals surface area contributed by atoms with E-state index in [4.69, 9.17) is 0 Å². The molecule has 2 aromatic heterocycles. The Kier molecular flexibility index (Phi) is 3.87. The van der Waals surface area contributed by atoms with Crippen LogP contribution in [0.3, 0.4) is 0 Å². The van der Waals surface area contributed by atoms with Gasteiger partial charge in [0.2, 0.25) is 5.95 Å². The predicted molar refractivity (Wildman–Crippen MR) is 75.7 cm³/mol. The van der Waals surface area contributed by atoms with E-state index in [2.05, 4.69) is 34.2 Å². The fourth-order valence-corrected chi connectivity index (χ4v) is 1.95. The predicted octanol–water partition coefficient (Wildman–Crippen LogP) is 1.75. The van der Waals surface area contributed by atoms with Crippen molar-refractivity contribution in [3.8, 4) is 0 Å². The number of aromatic nitrogens is 4. The molecule has 2 aromatic rings. The molecule has 0 saturated carbocycles. The minimum absolute atomic E-state index is 0.0775. The monoisotopic (exact) mass is 263 g/mol. The molecule has 0 aromatic carbocycles. The Morgan fingerprint density at radius 3 is 2.74 bits per heavy atom. The second-order valence-electron chi connectivity index (χ2n) is 5.16. The summed E-state index contributed by atoms with van der Waals surface area (Å²) in [5.74, 6) is 1.66. The molecule has 6 nitrogen and oxygen atoms in total. The Bertz CT molecular complexity index is 626. The van der Waals surface area contributed by atoms with Crippen molar-refractivity contribution in [3.05, 3.63) is 21.6 Å². The molecule has 0 fully saturated rings. The van der Waals surface area contributed by atoms with Crippen LogP contribution >= 0.6 is 0 Å². The summed E-state index contributed by atoms with van der Waals surface area (Å²) in [5.41, 5.74) is 1.41. The first-order chi connectivity index (χ1) is 9.02. The SMILES string of the molecule is CCc1nc2nc(NCCC(C)C)[nH]n2c(=O)c1C. The highest BCUT2D eigenvalue weighted by Gasteiger charge is 2.11. The van der Waals surface area contributed by atoms with Crippen LogP contribution in [-0.4, -0.2) is 26.1 Å². The largest absolute Gasteiger partial charge is 0.355 e. The van der Waals surface area contributed by atoms with E-state index >= 15 is 0 Å². The summed E-state index contributed by atoms with van der Waals surface area (Å²) < 4.78 is 1.40. The van der Waals surface area contributed by atoms with E-state index in [1.54, 1.807) is 6.92 Å². The molecule has 0 atom stereocenters. The van der Waals surface area contributed by atoms with Crippen LogP contribution in [-0.2, 0) is 6.42 Å². The normalized spacial score (nSPS) is 11.4. The lowest BCUT2D eigenvalue weighted by Gasteiger charge is -2.04. The van der Waals surface area contributed by atoms with Crippen molar-refractivity contribution in [2.75, 3.05) is 11.9 Å². The van der Waals surface area contributed by atoms with E-state index in [-0.39, 0.29) is 5.56 Å². The van der Waals surface area contributed by atoms with Crippen molar-refractivity contribution in [3.63, 3.8) is 0 Å². The second kappa shape index (κ2) is 5.42. The Morgan fingerprint density at radius 2 is 2.11 bits per heavy atom. The summed E-state index contributed by atoms with van der Waals surface area (Å²) in [6, 6.07) is 0. The first kappa shape index (κ1) is 13.6. The number of aryl methyl sites for hydroxylation is 1. The second-order valence-corrected chi connectivity index (χ2v) is 5.16. The summed E-state index contributed by atoms with van der Waals surface area (Å²) in [7, 11) is 0. The molecule has 0 radical (unpaired) electrons. The quantitative estimate of drug-likeness (QED) is 0.861. The standard InChI is InChI=1S/C13H21N5O/c1-5-10-9(4)11(19)18-13(15-10)16-12(17-18)14-7-6-8(2)3/h8H,5-7H2,1-4H3,(H2,14,15,16,17). The average molecular weight is 263 g/mol. The molecule has 6 heteroatoms. The van der Waals surface area contributed by atoms with Gasteiger partial charge in [0, 0.05) is 12.1 Å². The average Bonchev–Trinajstić information content (AvgIpc) is 2.76. The highest BCUT2D eigenvalue weighted by atomic mass is 16.1. The number of fused-ring (bicyclic) bond motifs is 1. The van der Waals surface area contributed by atoms with Crippen LogP contribution in [0.1, 0.15) is 38.4 Å². The van der Waals surface area contributed by atoms with Gasteiger partial charge in [0.15, 0.2) is 0 Å². The van der Waals surface area contributed by atoms with Gasteiger partial charge in [0.1, 0.15) is 0 Å². The van der Waals surface area contributed by atoms with E-state index < -0.39 is 0 Å². The molecule has 0 saturated heterocycles. The van der Waals surface area contributed by atoms with Crippen molar-refractivity contribution in [2.45, 2.75) is 40.5 Å². The maximum Gasteiger partial charge on any atom is 0.277 e. The van der Waals surface area contributed by atoms with Crippen LogP contribution in [0.5, 0.6) is 0 Å². The van der Waals surface area contributed by atoms with Crippen molar-refractivity contribution < 1.29 is 0 Å². The smallest absolute Gasteiger partial charge is 0.277 e. The minimum atomic E-state index is -0.0775. The summed E-state index contributed by atoms with van der Waals surface area (Å²) in [6.45, 7) is 8.95. The molecule has 2 heterocycles. The minimum Gasteiger partial charge on any atom is -0.355 e. The van der Waals surface area contributed by atoms with Crippen molar-refractivity contribution in [1.82, 2.24) is 19.6 Å². The van der Waals surface area contributed by atoms with Gasteiger partial charge < -0.3 is 5.32 Å². The van der Waals surface area contributed by atoms with E-state index in [1.807, 2.05) is 6.92 Å². The van der Waals surface area contributed by atoms with E-state index in [0.29, 0.717) is 23.2 Å². The number of hydrogen-bond acceptors (Lipinski definition) is 4. The zero-order valence-electron chi connectivity index (χ0n) is 11.9. The third-order valence-electron chi connectivity index (χ3n) is 3.17. The molecule has 0 aliphatic heterocycles. The van der Waals surface area contributed by atoms with Gasteiger partial charge in [-0.25, -0.2) is 4.98 Å².